The largest absolute Gasteiger partial charge is 0.491 e. The van der Waals surface area contributed by atoms with Crippen molar-refractivity contribution >= 4 is 5.69 Å². The zero-order valence-electron chi connectivity index (χ0n) is 22.3. The summed E-state index contributed by atoms with van der Waals surface area (Å²) in [6, 6.07) is 5.93. The number of nitro groups is 1. The molecule has 0 amide bonds. The number of ether oxygens (including phenoxy) is 8. The Bertz CT molecular complexity index is 632. The first kappa shape index (κ1) is 33.2. The van der Waals surface area contributed by atoms with E-state index in [-0.39, 0.29) is 5.69 Å². The van der Waals surface area contributed by atoms with Crippen molar-refractivity contribution < 1.29 is 42.8 Å². The van der Waals surface area contributed by atoms with Crippen molar-refractivity contribution in [3.8, 4) is 5.75 Å². The summed E-state index contributed by atoms with van der Waals surface area (Å²) in [6.45, 7) is 10.1. The van der Waals surface area contributed by atoms with Crippen LogP contribution in [0.3, 0.4) is 0 Å². The molecule has 11 nitrogen and oxygen atoms in total. The number of nitrogens with zero attached hydrogens (tertiary/aromatic N) is 1. The van der Waals surface area contributed by atoms with Gasteiger partial charge < -0.3 is 37.9 Å². The van der Waals surface area contributed by atoms with Crippen LogP contribution in [0.5, 0.6) is 5.75 Å². The fourth-order valence-corrected chi connectivity index (χ4v) is 2.93. The lowest BCUT2D eigenvalue weighted by Gasteiger charge is -2.09. The molecule has 1 rings (SSSR count). The van der Waals surface area contributed by atoms with E-state index in [1.807, 2.05) is 0 Å². The summed E-state index contributed by atoms with van der Waals surface area (Å²) in [4.78, 5) is 10.2. The molecular weight excluding hydrogens is 486 g/mol. The van der Waals surface area contributed by atoms with Crippen LogP contribution in [-0.2, 0) is 33.2 Å². The Labute approximate surface area is 220 Å². The molecular formula is C26H45NO10. The lowest BCUT2D eigenvalue weighted by atomic mass is 10.2. The Morgan fingerprint density at radius 1 is 0.541 bits per heavy atom. The highest BCUT2D eigenvalue weighted by Crippen LogP contribution is 2.17. The summed E-state index contributed by atoms with van der Waals surface area (Å²) in [6.07, 6.45) is 4.88. The third kappa shape index (κ3) is 21.9. The van der Waals surface area contributed by atoms with E-state index >= 15 is 0 Å². The second kappa shape index (κ2) is 25.8. The Kier molecular flexibility index (Phi) is 23.1. The summed E-state index contributed by atoms with van der Waals surface area (Å²) in [7, 11) is 0. The molecule has 0 atom stereocenters. The van der Waals surface area contributed by atoms with Crippen molar-refractivity contribution in [3.05, 3.63) is 34.4 Å². The Hall–Kier alpha value is -1.86. The molecule has 0 saturated carbocycles. The number of hydrogen-bond acceptors (Lipinski definition) is 10. The van der Waals surface area contributed by atoms with Crippen molar-refractivity contribution in [3.63, 3.8) is 0 Å². The average Bonchev–Trinajstić information content (AvgIpc) is 2.91. The minimum Gasteiger partial charge on any atom is -0.491 e. The molecule has 0 radical (unpaired) electrons. The SMILES string of the molecule is CCCCCCOCCOCCOCCOCCOCCOCCOCCOc1ccc([N+](=O)[O-])cc1. The number of benzene rings is 1. The standard InChI is InChI=1S/C26H45NO10/c1-2-3-4-5-10-30-11-12-31-13-14-32-15-16-33-17-18-34-19-20-35-21-22-36-23-24-37-26-8-6-25(7-9-26)27(28)29/h6-9H,2-5,10-24H2,1H3. The van der Waals surface area contributed by atoms with E-state index in [0.29, 0.717) is 98.2 Å². The van der Waals surface area contributed by atoms with Crippen LogP contribution in [0.1, 0.15) is 32.6 Å². The van der Waals surface area contributed by atoms with Crippen LogP contribution in [0.25, 0.3) is 0 Å². The van der Waals surface area contributed by atoms with Gasteiger partial charge in [-0.3, -0.25) is 10.1 Å². The highest BCUT2D eigenvalue weighted by atomic mass is 16.6. The van der Waals surface area contributed by atoms with Gasteiger partial charge >= 0.3 is 0 Å². The Balaban J connectivity index is 1.69. The van der Waals surface area contributed by atoms with E-state index in [1.165, 1.54) is 31.4 Å². The molecule has 0 aromatic heterocycles. The van der Waals surface area contributed by atoms with E-state index in [0.717, 1.165) is 13.0 Å². The maximum absolute atomic E-state index is 10.6. The van der Waals surface area contributed by atoms with Crippen LogP contribution in [0.2, 0.25) is 0 Å². The lowest BCUT2D eigenvalue weighted by Crippen LogP contribution is -2.15. The van der Waals surface area contributed by atoms with Gasteiger partial charge in [0.2, 0.25) is 0 Å². The molecule has 0 heterocycles. The zero-order valence-corrected chi connectivity index (χ0v) is 22.3. The Morgan fingerprint density at radius 2 is 0.919 bits per heavy atom. The summed E-state index contributed by atoms with van der Waals surface area (Å²) >= 11 is 0. The summed E-state index contributed by atoms with van der Waals surface area (Å²) < 4.78 is 43.6. The molecule has 1 aromatic rings. The van der Waals surface area contributed by atoms with Crippen molar-refractivity contribution in [2.45, 2.75) is 32.6 Å². The molecule has 0 N–H and O–H groups in total. The fourth-order valence-electron chi connectivity index (χ4n) is 2.93. The van der Waals surface area contributed by atoms with Crippen molar-refractivity contribution in [1.82, 2.24) is 0 Å². The smallest absolute Gasteiger partial charge is 0.269 e. The second-order valence-corrected chi connectivity index (χ2v) is 7.95. The fraction of sp³-hybridized carbons (Fsp3) is 0.769. The molecule has 11 heteroatoms. The number of unbranched alkanes of at least 4 members (excludes halogenated alkanes) is 3. The zero-order chi connectivity index (χ0) is 26.7. The van der Waals surface area contributed by atoms with Crippen LogP contribution in [-0.4, -0.2) is 104 Å². The molecule has 0 aliphatic carbocycles. The van der Waals surface area contributed by atoms with E-state index in [1.54, 1.807) is 12.1 Å². The highest BCUT2D eigenvalue weighted by molar-refractivity contribution is 5.35. The number of hydrogen-bond donors (Lipinski definition) is 0. The summed E-state index contributed by atoms with van der Waals surface area (Å²) in [5.41, 5.74) is 0.0320. The first-order valence-corrected chi connectivity index (χ1v) is 13.2. The predicted molar refractivity (Wildman–Crippen MR) is 138 cm³/mol. The van der Waals surface area contributed by atoms with Gasteiger partial charge in [0.1, 0.15) is 12.4 Å². The van der Waals surface area contributed by atoms with E-state index in [4.69, 9.17) is 37.9 Å². The van der Waals surface area contributed by atoms with Crippen LogP contribution >= 0.6 is 0 Å². The van der Waals surface area contributed by atoms with Gasteiger partial charge in [-0.15, -0.1) is 0 Å². The number of nitro benzene ring substituents is 1. The van der Waals surface area contributed by atoms with E-state index in [9.17, 15) is 10.1 Å². The maximum atomic E-state index is 10.6. The third-order valence-electron chi connectivity index (χ3n) is 4.92. The van der Waals surface area contributed by atoms with Gasteiger partial charge in [0.25, 0.3) is 5.69 Å². The molecule has 0 fully saturated rings. The van der Waals surface area contributed by atoms with E-state index in [2.05, 4.69) is 6.92 Å². The lowest BCUT2D eigenvalue weighted by molar-refractivity contribution is -0.384. The van der Waals surface area contributed by atoms with Gasteiger partial charge in [-0.05, 0) is 18.6 Å². The summed E-state index contributed by atoms with van der Waals surface area (Å²) in [5, 5.41) is 10.6. The van der Waals surface area contributed by atoms with Gasteiger partial charge in [-0.2, -0.15) is 0 Å². The monoisotopic (exact) mass is 531 g/mol. The van der Waals surface area contributed by atoms with Crippen LogP contribution in [0.15, 0.2) is 24.3 Å². The summed E-state index contributed by atoms with van der Waals surface area (Å²) in [5.74, 6) is 0.564. The van der Waals surface area contributed by atoms with E-state index < -0.39 is 4.92 Å². The maximum Gasteiger partial charge on any atom is 0.269 e. The minimum atomic E-state index is -0.448. The molecule has 0 unspecified atom stereocenters. The number of rotatable bonds is 28. The van der Waals surface area contributed by atoms with Crippen LogP contribution < -0.4 is 4.74 Å². The van der Waals surface area contributed by atoms with Crippen molar-refractivity contribution in [2.24, 2.45) is 0 Å². The first-order valence-electron chi connectivity index (χ1n) is 13.2. The molecule has 1 aromatic carbocycles. The second-order valence-electron chi connectivity index (χ2n) is 7.95. The predicted octanol–water partition coefficient (Wildman–Crippen LogP) is 3.67. The van der Waals surface area contributed by atoms with Gasteiger partial charge in [-0.1, -0.05) is 26.2 Å². The highest BCUT2D eigenvalue weighted by Gasteiger charge is 2.04. The number of non-ortho nitro benzene ring substituents is 1. The van der Waals surface area contributed by atoms with Gasteiger partial charge in [0.05, 0.1) is 90.8 Å². The first-order chi connectivity index (χ1) is 18.2. The Morgan fingerprint density at radius 3 is 1.30 bits per heavy atom. The van der Waals surface area contributed by atoms with Crippen LogP contribution in [0, 0.1) is 10.1 Å². The third-order valence-corrected chi connectivity index (χ3v) is 4.92. The molecule has 214 valence electrons. The van der Waals surface area contributed by atoms with Crippen LogP contribution in [0.4, 0.5) is 5.69 Å². The van der Waals surface area contributed by atoms with Gasteiger partial charge in [0.15, 0.2) is 0 Å². The average molecular weight is 532 g/mol. The molecule has 37 heavy (non-hydrogen) atoms. The molecule has 0 aliphatic heterocycles. The molecule has 0 spiro atoms. The topological polar surface area (TPSA) is 117 Å². The van der Waals surface area contributed by atoms with Crippen molar-refractivity contribution in [1.29, 1.82) is 0 Å². The van der Waals surface area contributed by atoms with Gasteiger partial charge in [-0.25, -0.2) is 0 Å². The molecule has 0 saturated heterocycles. The molecule has 0 bridgehead atoms. The van der Waals surface area contributed by atoms with Gasteiger partial charge in [0, 0.05) is 18.7 Å². The normalized spacial score (nSPS) is 11.2. The molecule has 0 aliphatic rings. The minimum absolute atomic E-state index is 0.0320. The quantitative estimate of drug-likeness (QED) is 0.0900. The van der Waals surface area contributed by atoms with Crippen molar-refractivity contribution in [2.75, 3.05) is 99.1 Å².